The average Bonchev–Trinajstić information content (AvgIpc) is 2.70. The van der Waals surface area contributed by atoms with Crippen LogP contribution in [0.3, 0.4) is 0 Å². The molecule has 2 heterocycles. The maximum atomic E-state index is 14.8. The highest BCUT2D eigenvalue weighted by Gasteiger charge is 2.52. The monoisotopic (exact) mass is 327 g/mol. The Balaban J connectivity index is 1.98. The van der Waals surface area contributed by atoms with Gasteiger partial charge in [-0.3, -0.25) is 4.98 Å². The number of aromatic nitrogens is 1. The van der Waals surface area contributed by atoms with Gasteiger partial charge in [0.05, 0.1) is 11.2 Å². The van der Waals surface area contributed by atoms with Crippen LogP contribution >= 0.6 is 0 Å². The second kappa shape index (κ2) is 5.68. The van der Waals surface area contributed by atoms with Gasteiger partial charge in [-0.25, -0.2) is 4.39 Å². The Morgan fingerprint density at radius 2 is 1.62 bits per heavy atom. The topological polar surface area (TPSA) is 31.4 Å². The summed E-state index contributed by atoms with van der Waals surface area (Å²) in [5.74, 6) is -0.324. The van der Waals surface area contributed by atoms with Gasteiger partial charge in [-0.05, 0) is 64.8 Å². The molecule has 0 N–H and O–H groups in total. The Morgan fingerprint density at radius 1 is 1.00 bits per heavy atom. The first-order valence-electron chi connectivity index (χ1n) is 8.19. The zero-order chi connectivity index (χ0) is 17.7. The molecule has 1 fully saturated rings. The fourth-order valence-corrected chi connectivity index (χ4v) is 2.79. The molecule has 3 rings (SSSR count). The van der Waals surface area contributed by atoms with Crippen LogP contribution in [0.4, 0.5) is 4.39 Å². The van der Waals surface area contributed by atoms with Crippen molar-refractivity contribution < 1.29 is 13.7 Å². The summed E-state index contributed by atoms with van der Waals surface area (Å²) in [6.45, 7) is 11.7. The molecule has 0 saturated carbocycles. The van der Waals surface area contributed by atoms with E-state index in [1.165, 1.54) is 0 Å². The number of halogens is 1. The van der Waals surface area contributed by atoms with Crippen molar-refractivity contribution in [1.29, 1.82) is 0 Å². The lowest BCUT2D eigenvalue weighted by atomic mass is 9.77. The van der Waals surface area contributed by atoms with Gasteiger partial charge in [-0.15, -0.1) is 0 Å². The van der Waals surface area contributed by atoms with E-state index in [0.717, 1.165) is 22.4 Å². The van der Waals surface area contributed by atoms with Crippen molar-refractivity contribution in [3.05, 3.63) is 47.5 Å². The lowest BCUT2D eigenvalue weighted by Crippen LogP contribution is -2.41. The lowest BCUT2D eigenvalue weighted by Gasteiger charge is -2.32. The molecule has 0 unspecified atom stereocenters. The zero-order valence-electron chi connectivity index (χ0n) is 15.1. The van der Waals surface area contributed by atoms with Crippen molar-refractivity contribution >= 4 is 12.6 Å². The second-order valence-electron chi connectivity index (χ2n) is 7.47. The summed E-state index contributed by atoms with van der Waals surface area (Å²) in [7, 11) is -0.695. The van der Waals surface area contributed by atoms with Crippen LogP contribution in [0.1, 0.15) is 39.0 Å². The summed E-state index contributed by atoms with van der Waals surface area (Å²) in [6, 6.07) is 7.24. The Morgan fingerprint density at radius 3 is 2.17 bits per heavy atom. The Kier molecular flexibility index (Phi) is 4.05. The summed E-state index contributed by atoms with van der Waals surface area (Å²) in [5.41, 5.74) is 3.10. The molecule has 1 aliphatic rings. The standard InChI is InChI=1S/C19H23BFNO2/c1-12-9-16(20-23-18(3,4)19(5,6)24-20)17(21)10-15(12)14-8-7-13(2)22-11-14/h7-11H,1-6H3. The number of aryl methyl sites for hydroxylation is 2. The molecule has 2 aromatic rings. The molecule has 126 valence electrons. The molecule has 0 aliphatic carbocycles. The molecule has 1 saturated heterocycles. The van der Waals surface area contributed by atoms with E-state index in [2.05, 4.69) is 4.98 Å². The Hall–Kier alpha value is -1.72. The maximum absolute atomic E-state index is 14.8. The molecule has 5 heteroatoms. The molecule has 0 bridgehead atoms. The van der Waals surface area contributed by atoms with Crippen LogP contribution in [0.5, 0.6) is 0 Å². The van der Waals surface area contributed by atoms with Gasteiger partial charge < -0.3 is 9.31 Å². The van der Waals surface area contributed by atoms with E-state index < -0.39 is 18.3 Å². The normalized spacial score (nSPS) is 18.9. The maximum Gasteiger partial charge on any atom is 0.497 e. The van der Waals surface area contributed by atoms with Crippen LogP contribution in [0.2, 0.25) is 0 Å². The van der Waals surface area contributed by atoms with Crippen LogP contribution < -0.4 is 5.46 Å². The minimum absolute atomic E-state index is 0.324. The highest BCUT2D eigenvalue weighted by atomic mass is 19.1. The quantitative estimate of drug-likeness (QED) is 0.786. The third-order valence-electron chi connectivity index (χ3n) is 5.07. The van der Waals surface area contributed by atoms with Crippen molar-refractivity contribution in [1.82, 2.24) is 4.98 Å². The van der Waals surface area contributed by atoms with E-state index in [4.69, 9.17) is 9.31 Å². The molecule has 3 nitrogen and oxygen atoms in total. The van der Waals surface area contributed by atoms with E-state index in [9.17, 15) is 4.39 Å². The van der Waals surface area contributed by atoms with Gasteiger partial charge in [0.15, 0.2) is 0 Å². The first-order valence-corrected chi connectivity index (χ1v) is 8.19. The third kappa shape index (κ3) is 2.87. The van der Waals surface area contributed by atoms with Crippen LogP contribution in [0, 0.1) is 19.7 Å². The van der Waals surface area contributed by atoms with Gasteiger partial charge >= 0.3 is 7.12 Å². The fourth-order valence-electron chi connectivity index (χ4n) is 2.79. The summed E-state index contributed by atoms with van der Waals surface area (Å²) < 4.78 is 26.7. The second-order valence-corrected chi connectivity index (χ2v) is 7.47. The number of nitrogens with zero attached hydrogens (tertiary/aromatic N) is 1. The van der Waals surface area contributed by atoms with Crippen molar-refractivity contribution in [3.8, 4) is 11.1 Å². The van der Waals surface area contributed by atoms with Gasteiger partial charge in [-0.2, -0.15) is 0 Å². The minimum atomic E-state index is -0.695. The zero-order valence-corrected chi connectivity index (χ0v) is 15.1. The Labute approximate surface area is 143 Å². The van der Waals surface area contributed by atoms with Gasteiger partial charge in [-0.1, -0.05) is 12.1 Å². The molecule has 1 aromatic heterocycles. The van der Waals surface area contributed by atoms with Crippen molar-refractivity contribution in [2.75, 3.05) is 0 Å². The smallest absolute Gasteiger partial charge is 0.399 e. The highest BCUT2D eigenvalue weighted by Crippen LogP contribution is 2.37. The first-order chi connectivity index (χ1) is 11.1. The first kappa shape index (κ1) is 17.1. The number of hydrogen-bond acceptors (Lipinski definition) is 3. The molecule has 0 radical (unpaired) electrons. The van der Waals surface area contributed by atoms with E-state index in [1.807, 2.05) is 59.7 Å². The van der Waals surface area contributed by atoms with Crippen LogP contribution in [0.25, 0.3) is 11.1 Å². The van der Waals surface area contributed by atoms with Gasteiger partial charge in [0.1, 0.15) is 5.82 Å². The lowest BCUT2D eigenvalue weighted by molar-refractivity contribution is 0.00578. The van der Waals surface area contributed by atoms with E-state index in [0.29, 0.717) is 5.46 Å². The summed E-state index contributed by atoms with van der Waals surface area (Å²) in [6.07, 6.45) is 1.77. The number of hydrogen-bond donors (Lipinski definition) is 0. The number of rotatable bonds is 2. The van der Waals surface area contributed by atoms with E-state index in [1.54, 1.807) is 12.3 Å². The van der Waals surface area contributed by atoms with Crippen molar-refractivity contribution in [2.24, 2.45) is 0 Å². The predicted octanol–water partition coefficient (Wildman–Crippen LogP) is 3.80. The fraction of sp³-hybridized carbons (Fsp3) is 0.421. The van der Waals surface area contributed by atoms with E-state index >= 15 is 0 Å². The molecule has 0 spiro atoms. The van der Waals surface area contributed by atoms with Gasteiger partial charge in [0, 0.05) is 22.9 Å². The Bertz CT molecular complexity index is 756. The summed E-state index contributed by atoms with van der Waals surface area (Å²) >= 11 is 0. The summed E-state index contributed by atoms with van der Waals surface area (Å²) in [4.78, 5) is 4.29. The van der Waals surface area contributed by atoms with Crippen LogP contribution in [0.15, 0.2) is 30.5 Å². The molecule has 0 amide bonds. The SMILES string of the molecule is Cc1ccc(-c2cc(F)c(B3OC(C)(C)C(C)(C)O3)cc2C)cn1. The largest absolute Gasteiger partial charge is 0.497 e. The molecular weight excluding hydrogens is 304 g/mol. The number of benzene rings is 1. The van der Waals surface area contributed by atoms with E-state index in [-0.39, 0.29) is 5.82 Å². The average molecular weight is 327 g/mol. The van der Waals surface area contributed by atoms with Crippen molar-refractivity contribution in [2.45, 2.75) is 52.7 Å². The molecule has 1 aliphatic heterocycles. The number of pyridine rings is 1. The molecular formula is C19H23BFNO2. The van der Waals surface area contributed by atoms with Gasteiger partial charge in [0.2, 0.25) is 0 Å². The minimum Gasteiger partial charge on any atom is -0.399 e. The van der Waals surface area contributed by atoms with Gasteiger partial charge in [0.25, 0.3) is 0 Å². The van der Waals surface area contributed by atoms with Crippen LogP contribution in [-0.2, 0) is 9.31 Å². The predicted molar refractivity (Wildman–Crippen MR) is 94.8 cm³/mol. The molecule has 24 heavy (non-hydrogen) atoms. The molecule has 1 aromatic carbocycles. The molecule has 0 atom stereocenters. The van der Waals surface area contributed by atoms with Crippen LogP contribution in [-0.4, -0.2) is 23.3 Å². The third-order valence-corrected chi connectivity index (χ3v) is 5.07. The summed E-state index contributed by atoms with van der Waals surface area (Å²) in [5, 5.41) is 0. The highest BCUT2D eigenvalue weighted by molar-refractivity contribution is 6.62. The van der Waals surface area contributed by atoms with Crippen molar-refractivity contribution in [3.63, 3.8) is 0 Å².